The van der Waals surface area contributed by atoms with Gasteiger partial charge in [0.15, 0.2) is 0 Å². The molecule has 1 aromatic rings. The van der Waals surface area contributed by atoms with E-state index in [0.717, 1.165) is 11.1 Å². The van der Waals surface area contributed by atoms with E-state index in [2.05, 4.69) is 0 Å². The second-order valence-corrected chi connectivity index (χ2v) is 5.94. The summed E-state index contributed by atoms with van der Waals surface area (Å²) >= 11 is 5.97. The maximum atomic E-state index is 13.7. The summed E-state index contributed by atoms with van der Waals surface area (Å²) < 4.78 is 26.8. The predicted molar refractivity (Wildman–Crippen MR) is 72.4 cm³/mol. The fourth-order valence-electron chi connectivity index (χ4n) is 1.78. The third-order valence-electron chi connectivity index (χ3n) is 2.90. The Labute approximate surface area is 112 Å². The lowest BCUT2D eigenvalue weighted by Gasteiger charge is -2.22. The fourth-order valence-corrected chi connectivity index (χ4v) is 2.17. The summed E-state index contributed by atoms with van der Waals surface area (Å²) in [6.07, 6.45) is -0.265. The van der Waals surface area contributed by atoms with Crippen LogP contribution in [0.4, 0.5) is 8.78 Å². The lowest BCUT2D eigenvalue weighted by atomic mass is 9.85. The van der Waals surface area contributed by atoms with E-state index in [-0.39, 0.29) is 17.0 Å². The van der Waals surface area contributed by atoms with Gasteiger partial charge in [0.1, 0.15) is 12.0 Å². The van der Waals surface area contributed by atoms with Crippen molar-refractivity contribution in [1.29, 1.82) is 0 Å². The molecule has 0 bridgehead atoms. The van der Waals surface area contributed by atoms with Crippen molar-refractivity contribution in [1.82, 2.24) is 0 Å². The van der Waals surface area contributed by atoms with E-state index in [1.807, 2.05) is 26.8 Å². The highest BCUT2D eigenvalue weighted by molar-refractivity contribution is 6.31. The van der Waals surface area contributed by atoms with Crippen LogP contribution in [0.2, 0.25) is 5.02 Å². The Kier molecular flexibility index (Phi) is 5.11. The van der Waals surface area contributed by atoms with Crippen molar-refractivity contribution in [3.63, 3.8) is 0 Å². The van der Waals surface area contributed by atoms with Crippen LogP contribution in [0, 0.1) is 5.82 Å². The second kappa shape index (κ2) is 5.98. The summed E-state index contributed by atoms with van der Waals surface area (Å²) in [7, 11) is 0. The van der Waals surface area contributed by atoms with Gasteiger partial charge in [0.05, 0.1) is 5.02 Å². The van der Waals surface area contributed by atoms with Gasteiger partial charge in [0.25, 0.3) is 0 Å². The van der Waals surface area contributed by atoms with Crippen LogP contribution in [-0.2, 0) is 11.8 Å². The first kappa shape index (κ1) is 15.4. The lowest BCUT2D eigenvalue weighted by molar-refractivity contribution is 0.322. The van der Waals surface area contributed by atoms with E-state index in [4.69, 9.17) is 17.3 Å². The van der Waals surface area contributed by atoms with E-state index >= 15 is 0 Å². The van der Waals surface area contributed by atoms with E-state index in [9.17, 15) is 8.78 Å². The number of rotatable bonds is 4. The van der Waals surface area contributed by atoms with Crippen LogP contribution in [0.25, 0.3) is 0 Å². The minimum absolute atomic E-state index is 0.00218. The topological polar surface area (TPSA) is 26.0 Å². The molecule has 1 rings (SSSR count). The summed E-state index contributed by atoms with van der Waals surface area (Å²) in [5, 5.41) is 0.155. The number of hydrogen-bond donors (Lipinski definition) is 1. The molecule has 1 aromatic carbocycles. The molecule has 18 heavy (non-hydrogen) atoms. The molecule has 0 aromatic heterocycles. The molecule has 0 aliphatic carbocycles. The smallest absolute Gasteiger partial charge is 0.142 e. The van der Waals surface area contributed by atoms with Crippen LogP contribution in [0.5, 0.6) is 0 Å². The first-order chi connectivity index (χ1) is 8.25. The van der Waals surface area contributed by atoms with Crippen molar-refractivity contribution < 1.29 is 8.78 Å². The first-order valence-electron chi connectivity index (χ1n) is 6.08. The fraction of sp³-hybridized carbons (Fsp3) is 0.571. The Bertz CT molecular complexity index is 413. The van der Waals surface area contributed by atoms with Crippen molar-refractivity contribution in [3.8, 4) is 0 Å². The summed E-state index contributed by atoms with van der Waals surface area (Å²) in [6, 6.07) is 3.23. The van der Waals surface area contributed by atoms with Crippen LogP contribution in [-0.4, -0.2) is 12.7 Å². The van der Waals surface area contributed by atoms with Crippen molar-refractivity contribution in [2.24, 2.45) is 5.73 Å². The molecule has 1 atom stereocenters. The number of alkyl halides is 1. The minimum atomic E-state index is -1.04. The van der Waals surface area contributed by atoms with E-state index in [1.54, 1.807) is 0 Å². The molecule has 0 radical (unpaired) electrons. The van der Waals surface area contributed by atoms with Gasteiger partial charge in [-0.2, -0.15) is 0 Å². The zero-order chi connectivity index (χ0) is 13.9. The van der Waals surface area contributed by atoms with Crippen molar-refractivity contribution in [2.75, 3.05) is 6.54 Å². The first-order valence-corrected chi connectivity index (χ1v) is 6.46. The number of halogens is 3. The maximum Gasteiger partial charge on any atom is 0.142 e. The van der Waals surface area contributed by atoms with Gasteiger partial charge in [-0.15, -0.1) is 0 Å². The number of benzene rings is 1. The minimum Gasteiger partial charge on any atom is -0.328 e. The van der Waals surface area contributed by atoms with Gasteiger partial charge in [-0.05, 0) is 35.4 Å². The van der Waals surface area contributed by atoms with E-state index in [0.29, 0.717) is 12.8 Å². The number of aryl methyl sites for hydroxylation is 1. The molecule has 102 valence electrons. The average molecular weight is 276 g/mol. The van der Waals surface area contributed by atoms with Gasteiger partial charge >= 0.3 is 0 Å². The highest BCUT2D eigenvalue weighted by atomic mass is 35.5. The molecule has 0 amide bonds. The quantitative estimate of drug-likeness (QED) is 0.883. The standard InChI is InChI=1S/C14H20ClF2N/c1-14(2,3)11-6-9(4-5-10(16)8-18)7-12(17)13(11)15/h6-7,10H,4-5,8,18H2,1-3H3/t10-/m0/s1. The normalized spacial score (nSPS) is 13.7. The third kappa shape index (κ3) is 3.92. The average Bonchev–Trinajstić information content (AvgIpc) is 2.28. The van der Waals surface area contributed by atoms with Crippen LogP contribution in [0.3, 0.4) is 0 Å². The molecule has 4 heteroatoms. The number of hydrogen-bond acceptors (Lipinski definition) is 1. The molecule has 0 aliphatic rings. The molecule has 0 heterocycles. The van der Waals surface area contributed by atoms with Gasteiger partial charge in [0, 0.05) is 6.54 Å². The Morgan fingerprint density at radius 3 is 2.44 bits per heavy atom. The summed E-state index contributed by atoms with van der Waals surface area (Å²) in [4.78, 5) is 0. The third-order valence-corrected chi connectivity index (χ3v) is 3.28. The summed E-state index contributed by atoms with van der Waals surface area (Å²) in [6.45, 7) is 5.90. The molecule has 0 saturated heterocycles. The zero-order valence-corrected chi connectivity index (χ0v) is 11.8. The van der Waals surface area contributed by atoms with Crippen molar-refractivity contribution in [2.45, 2.75) is 45.2 Å². The molecular weight excluding hydrogens is 256 g/mol. The molecule has 2 N–H and O–H groups in total. The highest BCUT2D eigenvalue weighted by Crippen LogP contribution is 2.32. The van der Waals surface area contributed by atoms with Crippen molar-refractivity contribution in [3.05, 3.63) is 34.1 Å². The molecular formula is C14H20ClF2N. The van der Waals surface area contributed by atoms with Gasteiger partial charge in [-0.25, -0.2) is 8.78 Å². The summed E-state index contributed by atoms with van der Waals surface area (Å²) in [5.74, 6) is -0.442. The lowest BCUT2D eigenvalue weighted by Crippen LogP contribution is -2.16. The van der Waals surface area contributed by atoms with Crippen LogP contribution in [0.1, 0.15) is 38.3 Å². The largest absolute Gasteiger partial charge is 0.328 e. The molecule has 0 saturated carbocycles. The molecule has 0 unspecified atom stereocenters. The molecule has 0 aliphatic heterocycles. The molecule has 1 nitrogen and oxygen atoms in total. The second-order valence-electron chi connectivity index (χ2n) is 5.56. The summed E-state index contributed by atoms with van der Waals surface area (Å²) in [5.41, 5.74) is 6.49. The van der Waals surface area contributed by atoms with Gasteiger partial charge < -0.3 is 5.73 Å². The predicted octanol–water partition coefficient (Wildman–Crippen LogP) is 4.01. The van der Waals surface area contributed by atoms with Gasteiger partial charge in [-0.3, -0.25) is 0 Å². The Morgan fingerprint density at radius 1 is 1.33 bits per heavy atom. The molecule has 0 spiro atoms. The van der Waals surface area contributed by atoms with Crippen LogP contribution < -0.4 is 5.73 Å². The van der Waals surface area contributed by atoms with Crippen molar-refractivity contribution >= 4 is 11.6 Å². The Morgan fingerprint density at radius 2 is 1.94 bits per heavy atom. The van der Waals surface area contributed by atoms with Crippen LogP contribution in [0.15, 0.2) is 12.1 Å². The van der Waals surface area contributed by atoms with Crippen LogP contribution >= 0.6 is 11.6 Å². The molecule has 0 fully saturated rings. The highest BCUT2D eigenvalue weighted by Gasteiger charge is 2.20. The number of nitrogens with two attached hydrogens (primary N) is 1. The Hall–Kier alpha value is -0.670. The van der Waals surface area contributed by atoms with Gasteiger partial charge in [-0.1, -0.05) is 38.4 Å². The van der Waals surface area contributed by atoms with E-state index < -0.39 is 12.0 Å². The monoisotopic (exact) mass is 275 g/mol. The maximum absolute atomic E-state index is 13.7. The Balaban J connectivity index is 2.98. The zero-order valence-electron chi connectivity index (χ0n) is 11.1. The SMILES string of the molecule is CC(C)(C)c1cc(CC[C@H](F)CN)cc(F)c1Cl. The van der Waals surface area contributed by atoms with Gasteiger partial charge in [0.2, 0.25) is 0 Å². The van der Waals surface area contributed by atoms with E-state index in [1.165, 1.54) is 6.07 Å².